The van der Waals surface area contributed by atoms with E-state index in [0.29, 0.717) is 62.5 Å². The van der Waals surface area contributed by atoms with Crippen LogP contribution in [0.15, 0.2) is 200 Å². The normalized spacial score (nSPS) is 10.5. The van der Waals surface area contributed by atoms with Crippen LogP contribution in [-0.4, -0.2) is 11.6 Å². The Morgan fingerprint density at radius 2 is 0.661 bits per heavy atom. The molecular weight excluding hydrogens is 733 g/mol. The SMILES string of the molecule is Cc1cccc(Oc2ccc(C(=O)c3ccc(Oc4cccc(Oc5ccc(C(=O)c6ccc(Oc7cccc(C#Cc8ccccc8)c7)cc6)cc5)c4)cc3)cc2)c1. The number of rotatable bonds is 12. The van der Waals surface area contributed by atoms with Gasteiger partial charge in [-0.05, 0) is 164 Å². The molecule has 0 saturated heterocycles. The molecule has 0 aromatic heterocycles. The molecule has 0 fully saturated rings. The summed E-state index contributed by atoms with van der Waals surface area (Å²) in [5.41, 5.74) is 5.05. The number of aryl methyl sites for hydroxylation is 1. The summed E-state index contributed by atoms with van der Waals surface area (Å²) in [6.45, 7) is 2.01. The molecule has 6 heteroatoms. The molecule has 0 saturated carbocycles. The van der Waals surface area contributed by atoms with Crippen LogP contribution in [0.4, 0.5) is 0 Å². The fourth-order valence-electron chi connectivity index (χ4n) is 6.16. The molecule has 284 valence electrons. The molecule has 0 atom stereocenters. The lowest BCUT2D eigenvalue weighted by atomic mass is 10.0. The summed E-state index contributed by atoms with van der Waals surface area (Å²) in [7, 11) is 0. The number of carbonyl (C=O) groups excluding carboxylic acids is 2. The van der Waals surface area contributed by atoms with Crippen LogP contribution in [0.3, 0.4) is 0 Å². The van der Waals surface area contributed by atoms with Crippen LogP contribution < -0.4 is 18.9 Å². The van der Waals surface area contributed by atoms with Gasteiger partial charge in [0, 0.05) is 39.4 Å². The molecule has 0 spiro atoms. The van der Waals surface area contributed by atoms with Crippen molar-refractivity contribution in [1.82, 2.24) is 0 Å². The van der Waals surface area contributed by atoms with Crippen molar-refractivity contribution in [3.05, 3.63) is 239 Å². The van der Waals surface area contributed by atoms with E-state index in [9.17, 15) is 9.59 Å². The van der Waals surface area contributed by atoms with Gasteiger partial charge in [0.1, 0.15) is 46.0 Å². The van der Waals surface area contributed by atoms with Gasteiger partial charge in [0.25, 0.3) is 0 Å². The summed E-state index contributed by atoms with van der Waals surface area (Å²) in [5, 5.41) is 0. The lowest BCUT2D eigenvalue weighted by Crippen LogP contribution is -2.01. The Bertz CT molecular complexity index is 2780. The maximum Gasteiger partial charge on any atom is 0.193 e. The highest BCUT2D eigenvalue weighted by Gasteiger charge is 2.12. The zero-order valence-corrected chi connectivity index (χ0v) is 32.0. The summed E-state index contributed by atoms with van der Waals surface area (Å²) >= 11 is 0. The first-order valence-electron chi connectivity index (χ1n) is 19.0. The second-order valence-corrected chi connectivity index (χ2v) is 13.6. The maximum absolute atomic E-state index is 13.3. The Morgan fingerprint density at radius 1 is 0.322 bits per heavy atom. The Morgan fingerprint density at radius 3 is 1.08 bits per heavy atom. The van der Waals surface area contributed by atoms with Crippen LogP contribution in [0.25, 0.3) is 0 Å². The van der Waals surface area contributed by atoms with Gasteiger partial charge in [0.15, 0.2) is 11.6 Å². The van der Waals surface area contributed by atoms with Crippen molar-refractivity contribution in [3.8, 4) is 57.8 Å². The minimum Gasteiger partial charge on any atom is -0.457 e. The van der Waals surface area contributed by atoms with E-state index in [-0.39, 0.29) is 11.6 Å². The van der Waals surface area contributed by atoms with Gasteiger partial charge in [-0.2, -0.15) is 0 Å². The van der Waals surface area contributed by atoms with Gasteiger partial charge in [-0.25, -0.2) is 0 Å². The van der Waals surface area contributed by atoms with Crippen molar-refractivity contribution >= 4 is 11.6 Å². The molecule has 0 unspecified atom stereocenters. The van der Waals surface area contributed by atoms with E-state index in [4.69, 9.17) is 18.9 Å². The van der Waals surface area contributed by atoms with Crippen LogP contribution >= 0.6 is 0 Å². The van der Waals surface area contributed by atoms with E-state index in [1.54, 1.807) is 103 Å². The monoisotopic (exact) mass is 768 g/mol. The van der Waals surface area contributed by atoms with Crippen molar-refractivity contribution in [2.24, 2.45) is 0 Å². The first-order valence-corrected chi connectivity index (χ1v) is 19.0. The third kappa shape index (κ3) is 10.0. The van der Waals surface area contributed by atoms with E-state index in [0.717, 1.165) is 22.4 Å². The fourth-order valence-corrected chi connectivity index (χ4v) is 6.16. The number of ether oxygens (including phenoxy) is 4. The highest BCUT2D eigenvalue weighted by molar-refractivity contribution is 6.09. The Hall–Kier alpha value is -8.14. The molecule has 0 bridgehead atoms. The zero-order valence-electron chi connectivity index (χ0n) is 32.0. The number of carbonyl (C=O) groups is 2. The van der Waals surface area contributed by atoms with Gasteiger partial charge in [0.2, 0.25) is 0 Å². The molecule has 0 aliphatic carbocycles. The molecule has 0 aliphatic rings. The Balaban J connectivity index is 0.838. The van der Waals surface area contributed by atoms with Crippen molar-refractivity contribution < 1.29 is 28.5 Å². The van der Waals surface area contributed by atoms with Gasteiger partial charge < -0.3 is 18.9 Å². The molecule has 8 aromatic carbocycles. The highest BCUT2D eigenvalue weighted by Crippen LogP contribution is 2.30. The second-order valence-electron chi connectivity index (χ2n) is 13.6. The molecule has 0 aliphatic heterocycles. The minimum absolute atomic E-state index is 0.103. The molecule has 59 heavy (non-hydrogen) atoms. The van der Waals surface area contributed by atoms with Gasteiger partial charge in [-0.3, -0.25) is 9.59 Å². The standard InChI is InChI=1S/C53H36O6/c1-37-8-5-12-48(34-37)56-44-26-18-40(19-27-44)52(54)42-22-30-46(31-23-42)58-50-14-7-15-51(36-50)59-47-32-24-43(25-33-47)53(55)41-20-28-45(29-21-41)57-49-13-6-11-39(35-49)17-16-38-9-3-2-4-10-38/h2-15,18-36H,1H3. The Kier molecular flexibility index (Phi) is 11.4. The summed E-state index contributed by atoms with van der Waals surface area (Å²) < 4.78 is 24.1. The van der Waals surface area contributed by atoms with Crippen LogP contribution in [0.2, 0.25) is 0 Å². The van der Waals surface area contributed by atoms with Gasteiger partial charge in [-0.1, -0.05) is 54.3 Å². The smallest absolute Gasteiger partial charge is 0.193 e. The molecule has 8 aromatic rings. The van der Waals surface area contributed by atoms with Gasteiger partial charge >= 0.3 is 0 Å². The van der Waals surface area contributed by atoms with Crippen molar-refractivity contribution in [1.29, 1.82) is 0 Å². The van der Waals surface area contributed by atoms with Gasteiger partial charge in [-0.15, -0.1) is 0 Å². The van der Waals surface area contributed by atoms with Crippen molar-refractivity contribution in [2.75, 3.05) is 0 Å². The number of hydrogen-bond donors (Lipinski definition) is 0. The largest absolute Gasteiger partial charge is 0.457 e. The average molecular weight is 769 g/mol. The topological polar surface area (TPSA) is 71.1 Å². The van der Waals surface area contributed by atoms with Crippen molar-refractivity contribution in [2.45, 2.75) is 6.92 Å². The third-order valence-electron chi connectivity index (χ3n) is 9.16. The van der Waals surface area contributed by atoms with Crippen LogP contribution in [0.5, 0.6) is 46.0 Å². The van der Waals surface area contributed by atoms with Crippen LogP contribution in [0.1, 0.15) is 48.5 Å². The predicted molar refractivity (Wildman–Crippen MR) is 229 cm³/mol. The summed E-state index contributed by atoms with van der Waals surface area (Å²) in [4.78, 5) is 26.5. The summed E-state index contributed by atoms with van der Waals surface area (Å²) in [6, 6.07) is 60.6. The lowest BCUT2D eigenvalue weighted by Gasteiger charge is -2.10. The molecular formula is C53H36O6. The van der Waals surface area contributed by atoms with E-state index in [2.05, 4.69) is 11.8 Å². The molecule has 0 radical (unpaired) electrons. The summed E-state index contributed by atoms with van der Waals surface area (Å²) in [5.74, 6) is 11.0. The molecule has 0 heterocycles. The number of benzene rings is 8. The van der Waals surface area contributed by atoms with E-state index >= 15 is 0 Å². The minimum atomic E-state index is -0.120. The van der Waals surface area contributed by atoms with Gasteiger partial charge in [0.05, 0.1) is 0 Å². The highest BCUT2D eigenvalue weighted by atomic mass is 16.5. The summed E-state index contributed by atoms with van der Waals surface area (Å²) in [6.07, 6.45) is 0. The average Bonchev–Trinajstić information content (AvgIpc) is 3.27. The van der Waals surface area contributed by atoms with Crippen molar-refractivity contribution in [3.63, 3.8) is 0 Å². The molecule has 6 nitrogen and oxygen atoms in total. The molecule has 0 N–H and O–H groups in total. The first kappa shape index (κ1) is 37.8. The van der Waals surface area contributed by atoms with E-state index in [1.807, 2.05) is 104 Å². The predicted octanol–water partition coefficient (Wildman–Crippen LogP) is 13.0. The van der Waals surface area contributed by atoms with E-state index in [1.165, 1.54) is 0 Å². The Labute approximate surface area is 342 Å². The quantitative estimate of drug-likeness (QED) is 0.0910. The van der Waals surface area contributed by atoms with Crippen LogP contribution in [-0.2, 0) is 0 Å². The number of hydrogen-bond acceptors (Lipinski definition) is 6. The zero-order chi connectivity index (χ0) is 40.4. The third-order valence-corrected chi connectivity index (χ3v) is 9.16. The lowest BCUT2D eigenvalue weighted by molar-refractivity contribution is 0.103. The number of ketones is 2. The fraction of sp³-hybridized carbons (Fsp3) is 0.0189. The molecule has 0 amide bonds. The first-order chi connectivity index (χ1) is 28.9. The molecule has 8 rings (SSSR count). The van der Waals surface area contributed by atoms with E-state index < -0.39 is 0 Å². The maximum atomic E-state index is 13.3. The second kappa shape index (κ2) is 17.8. The van der Waals surface area contributed by atoms with Crippen LogP contribution in [0, 0.1) is 18.8 Å².